The first kappa shape index (κ1) is 7.89. The topological polar surface area (TPSA) is 0 Å². The van der Waals surface area contributed by atoms with Crippen molar-refractivity contribution in [2.75, 3.05) is 5.75 Å². The zero-order chi connectivity index (χ0) is 7.23. The molecule has 0 aliphatic rings. The lowest BCUT2D eigenvalue weighted by Gasteiger charge is -1.91. The third-order valence-electron chi connectivity index (χ3n) is 1.06. The molecule has 2 heteroatoms. The van der Waals surface area contributed by atoms with E-state index < -0.39 is 0 Å². The van der Waals surface area contributed by atoms with Gasteiger partial charge in [0, 0.05) is 16.4 Å². The maximum absolute atomic E-state index is 3.66. The quantitative estimate of drug-likeness (QED) is 0.494. The van der Waals surface area contributed by atoms with E-state index in [2.05, 4.69) is 24.1 Å². The van der Waals surface area contributed by atoms with Crippen LogP contribution in [0.5, 0.6) is 0 Å². The highest BCUT2D eigenvalue weighted by Gasteiger charge is 1.90. The van der Waals surface area contributed by atoms with Gasteiger partial charge in [0.25, 0.3) is 0 Å². The van der Waals surface area contributed by atoms with Gasteiger partial charge in [-0.2, -0.15) is 11.8 Å². The Morgan fingerprint density at radius 3 is 3.20 bits per heavy atom. The van der Waals surface area contributed by atoms with E-state index in [1.165, 1.54) is 4.88 Å². The molecule has 0 fully saturated rings. The summed E-state index contributed by atoms with van der Waals surface area (Å²) in [5, 5.41) is 2.11. The number of rotatable bonds is 4. The molecule has 0 bridgehead atoms. The lowest BCUT2D eigenvalue weighted by molar-refractivity contribution is 1.54. The molecular weight excluding hydrogens is 160 g/mol. The van der Waals surface area contributed by atoms with E-state index in [0.717, 1.165) is 11.5 Å². The molecule has 0 amide bonds. The number of hydrogen-bond donors (Lipinski definition) is 0. The third-order valence-corrected chi connectivity index (χ3v) is 3.11. The zero-order valence-electron chi connectivity index (χ0n) is 5.75. The summed E-state index contributed by atoms with van der Waals surface area (Å²) in [6, 6.07) is 4.26. The second-order valence-corrected chi connectivity index (χ2v) is 3.95. The smallest absolute Gasteiger partial charge is 0.0282 e. The van der Waals surface area contributed by atoms with Crippen LogP contribution in [0.4, 0.5) is 0 Å². The van der Waals surface area contributed by atoms with Crippen molar-refractivity contribution in [2.45, 2.75) is 5.75 Å². The maximum Gasteiger partial charge on any atom is 0.0282 e. The molecule has 1 aromatic rings. The second kappa shape index (κ2) is 4.58. The molecule has 10 heavy (non-hydrogen) atoms. The molecule has 0 radical (unpaired) electrons. The van der Waals surface area contributed by atoms with Gasteiger partial charge in [-0.3, -0.25) is 0 Å². The molecule has 0 aliphatic carbocycles. The minimum absolute atomic E-state index is 1.05. The largest absolute Gasteiger partial charge is 0.152 e. The van der Waals surface area contributed by atoms with Crippen molar-refractivity contribution in [1.82, 2.24) is 0 Å². The molecule has 0 atom stereocenters. The Balaban J connectivity index is 2.21. The Hall–Kier alpha value is -0.210. The first-order chi connectivity index (χ1) is 4.93. The van der Waals surface area contributed by atoms with Crippen LogP contribution in [0.3, 0.4) is 0 Å². The molecule has 0 N–H and O–H groups in total. The van der Waals surface area contributed by atoms with Crippen LogP contribution in [-0.4, -0.2) is 5.75 Å². The Bertz CT molecular complexity index is 177. The Morgan fingerprint density at radius 1 is 1.70 bits per heavy atom. The summed E-state index contributed by atoms with van der Waals surface area (Å²) in [6.45, 7) is 3.66. The number of thiophene rings is 1. The van der Waals surface area contributed by atoms with E-state index in [0.29, 0.717) is 0 Å². The van der Waals surface area contributed by atoms with Gasteiger partial charge in [-0.1, -0.05) is 12.1 Å². The van der Waals surface area contributed by atoms with Crippen LogP contribution in [0.2, 0.25) is 0 Å². The molecule has 0 unspecified atom stereocenters. The molecule has 0 nitrogen and oxygen atoms in total. The van der Waals surface area contributed by atoms with Crippen molar-refractivity contribution in [3.8, 4) is 0 Å². The third kappa shape index (κ3) is 2.58. The van der Waals surface area contributed by atoms with Crippen LogP contribution >= 0.6 is 23.1 Å². The van der Waals surface area contributed by atoms with Crippen LogP contribution in [0.1, 0.15) is 4.88 Å². The molecule has 0 aliphatic heterocycles. The van der Waals surface area contributed by atoms with E-state index in [-0.39, 0.29) is 0 Å². The van der Waals surface area contributed by atoms with E-state index in [9.17, 15) is 0 Å². The second-order valence-electron chi connectivity index (χ2n) is 1.88. The van der Waals surface area contributed by atoms with Gasteiger partial charge in [-0.05, 0) is 11.4 Å². The molecule has 54 valence electrons. The van der Waals surface area contributed by atoms with Gasteiger partial charge in [0.1, 0.15) is 0 Å². The molecule has 0 saturated carbocycles. The van der Waals surface area contributed by atoms with Gasteiger partial charge < -0.3 is 0 Å². The SMILES string of the molecule is C=CCSCc1cccs1. The predicted octanol–water partition coefficient (Wildman–Crippen LogP) is 3.17. The summed E-state index contributed by atoms with van der Waals surface area (Å²) in [6.07, 6.45) is 1.94. The van der Waals surface area contributed by atoms with Crippen molar-refractivity contribution in [3.63, 3.8) is 0 Å². The molecule has 0 aromatic carbocycles. The molecule has 0 saturated heterocycles. The van der Waals surface area contributed by atoms with Crippen LogP contribution in [0.25, 0.3) is 0 Å². The van der Waals surface area contributed by atoms with Crippen LogP contribution < -0.4 is 0 Å². The monoisotopic (exact) mass is 170 g/mol. The van der Waals surface area contributed by atoms with Crippen LogP contribution in [0.15, 0.2) is 30.2 Å². The zero-order valence-corrected chi connectivity index (χ0v) is 7.38. The van der Waals surface area contributed by atoms with Gasteiger partial charge in [-0.25, -0.2) is 0 Å². The molecule has 0 spiro atoms. The minimum Gasteiger partial charge on any atom is -0.152 e. The van der Waals surface area contributed by atoms with Crippen molar-refractivity contribution < 1.29 is 0 Å². The van der Waals surface area contributed by atoms with Crippen LogP contribution in [0, 0.1) is 0 Å². The van der Waals surface area contributed by atoms with Crippen molar-refractivity contribution in [3.05, 3.63) is 35.0 Å². The predicted molar refractivity (Wildman–Crippen MR) is 50.7 cm³/mol. The lowest BCUT2D eigenvalue weighted by atomic mass is 10.5. The highest BCUT2D eigenvalue weighted by molar-refractivity contribution is 7.98. The Morgan fingerprint density at radius 2 is 2.60 bits per heavy atom. The van der Waals surface area contributed by atoms with Gasteiger partial charge in [0.05, 0.1) is 0 Å². The van der Waals surface area contributed by atoms with Crippen molar-refractivity contribution in [2.24, 2.45) is 0 Å². The minimum atomic E-state index is 1.05. The van der Waals surface area contributed by atoms with E-state index in [1.807, 2.05) is 29.2 Å². The fraction of sp³-hybridized carbons (Fsp3) is 0.250. The van der Waals surface area contributed by atoms with E-state index >= 15 is 0 Å². The van der Waals surface area contributed by atoms with Crippen molar-refractivity contribution >= 4 is 23.1 Å². The number of thioether (sulfide) groups is 1. The Labute approximate surface area is 70.0 Å². The highest BCUT2D eigenvalue weighted by Crippen LogP contribution is 2.16. The van der Waals surface area contributed by atoms with Gasteiger partial charge in [-0.15, -0.1) is 17.9 Å². The first-order valence-corrected chi connectivity index (χ1v) is 5.18. The van der Waals surface area contributed by atoms with Crippen molar-refractivity contribution in [1.29, 1.82) is 0 Å². The summed E-state index contributed by atoms with van der Waals surface area (Å²) in [5.41, 5.74) is 0. The molecular formula is C8H10S2. The summed E-state index contributed by atoms with van der Waals surface area (Å²) in [7, 11) is 0. The molecule has 1 rings (SSSR count). The average molecular weight is 170 g/mol. The summed E-state index contributed by atoms with van der Waals surface area (Å²) >= 11 is 3.72. The van der Waals surface area contributed by atoms with Gasteiger partial charge in [0.15, 0.2) is 0 Å². The summed E-state index contributed by atoms with van der Waals surface area (Å²) in [5.74, 6) is 2.18. The van der Waals surface area contributed by atoms with Gasteiger partial charge in [0.2, 0.25) is 0 Å². The fourth-order valence-corrected chi connectivity index (χ4v) is 2.23. The summed E-state index contributed by atoms with van der Waals surface area (Å²) in [4.78, 5) is 1.45. The fourth-order valence-electron chi connectivity index (χ4n) is 0.638. The molecule has 1 heterocycles. The van der Waals surface area contributed by atoms with Gasteiger partial charge >= 0.3 is 0 Å². The van der Waals surface area contributed by atoms with Crippen LogP contribution in [-0.2, 0) is 5.75 Å². The standard InChI is InChI=1S/C8H10S2/c1-2-5-9-7-8-4-3-6-10-8/h2-4,6H,1,5,7H2. The first-order valence-electron chi connectivity index (χ1n) is 3.14. The normalized spacial score (nSPS) is 9.60. The summed E-state index contributed by atoms with van der Waals surface area (Å²) < 4.78 is 0. The highest BCUT2D eigenvalue weighted by atomic mass is 32.2. The lowest BCUT2D eigenvalue weighted by Crippen LogP contribution is -1.72. The Kier molecular flexibility index (Phi) is 3.62. The average Bonchev–Trinajstić information content (AvgIpc) is 2.41. The maximum atomic E-state index is 3.66. The van der Waals surface area contributed by atoms with E-state index in [1.54, 1.807) is 0 Å². The number of hydrogen-bond acceptors (Lipinski definition) is 2. The van der Waals surface area contributed by atoms with E-state index in [4.69, 9.17) is 0 Å². The molecule has 1 aromatic heterocycles.